The van der Waals surface area contributed by atoms with Crippen LogP contribution >= 0.6 is 27.5 Å². The first-order valence-electron chi connectivity index (χ1n) is 4.10. The van der Waals surface area contributed by atoms with Crippen LogP contribution in [-0.4, -0.2) is 11.8 Å². The lowest BCUT2D eigenvalue weighted by Crippen LogP contribution is -2.21. The summed E-state index contributed by atoms with van der Waals surface area (Å²) in [5.41, 5.74) is 0.973. The number of nitrogens with one attached hydrogen (secondary N) is 1. The number of halogens is 2. The topological polar surface area (TPSA) is 46.2 Å². The molecule has 2 rings (SSSR count). The average Bonchev–Trinajstić information content (AvgIpc) is 2.50. The van der Waals surface area contributed by atoms with Gasteiger partial charge in [-0.25, -0.2) is 0 Å². The zero-order valence-corrected chi connectivity index (χ0v) is 9.72. The summed E-state index contributed by atoms with van der Waals surface area (Å²) in [5, 5.41) is 2.67. The standard InChI is InChI=1S/C10H5BrClNO2/c11-7-2-1-5(3-8(7)12)6-4-9(14)13-10(6)15/h1-4H,(H,13,14,15). The molecule has 0 spiro atoms. The largest absolute Gasteiger partial charge is 0.289 e. The molecule has 1 aromatic rings. The van der Waals surface area contributed by atoms with Crippen LogP contribution in [0.4, 0.5) is 0 Å². The third-order valence-electron chi connectivity index (χ3n) is 1.99. The summed E-state index contributed by atoms with van der Waals surface area (Å²) < 4.78 is 0.748. The maximum absolute atomic E-state index is 11.3. The fourth-order valence-corrected chi connectivity index (χ4v) is 1.72. The second-order valence-corrected chi connectivity index (χ2v) is 4.27. The quantitative estimate of drug-likeness (QED) is 0.804. The molecule has 3 nitrogen and oxygen atoms in total. The monoisotopic (exact) mass is 285 g/mol. The van der Waals surface area contributed by atoms with Gasteiger partial charge >= 0.3 is 0 Å². The lowest BCUT2D eigenvalue weighted by molar-refractivity contribution is -0.123. The average molecular weight is 287 g/mol. The molecule has 1 heterocycles. The molecule has 0 fully saturated rings. The van der Waals surface area contributed by atoms with Gasteiger partial charge in [0, 0.05) is 10.5 Å². The summed E-state index contributed by atoms with van der Waals surface area (Å²) in [6.45, 7) is 0. The van der Waals surface area contributed by atoms with Gasteiger partial charge < -0.3 is 0 Å². The van der Waals surface area contributed by atoms with E-state index in [4.69, 9.17) is 11.6 Å². The summed E-state index contributed by atoms with van der Waals surface area (Å²) >= 11 is 9.13. The van der Waals surface area contributed by atoms with Crippen molar-refractivity contribution < 1.29 is 9.59 Å². The van der Waals surface area contributed by atoms with Crippen LogP contribution in [0.2, 0.25) is 5.02 Å². The maximum Gasteiger partial charge on any atom is 0.258 e. The van der Waals surface area contributed by atoms with Gasteiger partial charge in [0.1, 0.15) is 0 Å². The Kier molecular flexibility index (Phi) is 2.63. The van der Waals surface area contributed by atoms with Crippen molar-refractivity contribution in [2.45, 2.75) is 0 Å². The molecule has 0 radical (unpaired) electrons. The highest BCUT2D eigenvalue weighted by Crippen LogP contribution is 2.27. The van der Waals surface area contributed by atoms with Crippen LogP contribution in [0.1, 0.15) is 5.56 Å². The molecule has 0 aromatic heterocycles. The minimum atomic E-state index is -0.394. The predicted octanol–water partition coefficient (Wildman–Crippen LogP) is 2.14. The molecule has 1 aliphatic heterocycles. The smallest absolute Gasteiger partial charge is 0.258 e. The van der Waals surface area contributed by atoms with Crippen molar-refractivity contribution in [1.29, 1.82) is 0 Å². The molecule has 0 bridgehead atoms. The van der Waals surface area contributed by atoms with E-state index in [0.29, 0.717) is 16.2 Å². The molecule has 1 aromatic carbocycles. The molecular weight excluding hydrogens is 281 g/mol. The number of hydrogen-bond acceptors (Lipinski definition) is 2. The molecule has 2 amide bonds. The van der Waals surface area contributed by atoms with E-state index in [1.807, 2.05) is 0 Å². The number of imide groups is 1. The van der Waals surface area contributed by atoms with Crippen molar-refractivity contribution in [1.82, 2.24) is 5.32 Å². The van der Waals surface area contributed by atoms with Crippen molar-refractivity contribution in [3.63, 3.8) is 0 Å². The molecule has 15 heavy (non-hydrogen) atoms. The summed E-state index contributed by atoms with van der Waals surface area (Å²) in [5.74, 6) is -0.785. The van der Waals surface area contributed by atoms with Gasteiger partial charge in [0.05, 0.1) is 10.6 Å². The second kappa shape index (κ2) is 3.79. The Balaban J connectivity index is 2.47. The lowest BCUT2D eigenvalue weighted by Gasteiger charge is -2.02. The third kappa shape index (κ3) is 1.96. The van der Waals surface area contributed by atoms with E-state index in [2.05, 4.69) is 21.2 Å². The Morgan fingerprint density at radius 2 is 2.00 bits per heavy atom. The van der Waals surface area contributed by atoms with Crippen LogP contribution in [0, 0.1) is 0 Å². The highest BCUT2D eigenvalue weighted by atomic mass is 79.9. The van der Waals surface area contributed by atoms with Crippen molar-refractivity contribution in [3.05, 3.63) is 39.3 Å². The number of benzene rings is 1. The Morgan fingerprint density at radius 3 is 2.53 bits per heavy atom. The summed E-state index contributed by atoms with van der Waals surface area (Å²) in [6, 6.07) is 5.09. The van der Waals surface area contributed by atoms with Crippen molar-refractivity contribution in [3.8, 4) is 0 Å². The maximum atomic E-state index is 11.3. The second-order valence-electron chi connectivity index (χ2n) is 3.01. The summed E-state index contributed by atoms with van der Waals surface area (Å²) in [4.78, 5) is 22.3. The first kappa shape index (κ1) is 10.4. The zero-order chi connectivity index (χ0) is 11.0. The van der Waals surface area contributed by atoms with Crippen LogP contribution in [0.5, 0.6) is 0 Å². The third-order valence-corrected chi connectivity index (χ3v) is 3.22. The van der Waals surface area contributed by atoms with Crippen molar-refractivity contribution in [2.24, 2.45) is 0 Å². The van der Waals surface area contributed by atoms with E-state index < -0.39 is 11.8 Å². The Labute approximate surface area is 99.2 Å². The van der Waals surface area contributed by atoms with E-state index in [1.54, 1.807) is 18.2 Å². The van der Waals surface area contributed by atoms with Gasteiger partial charge in [-0.1, -0.05) is 17.7 Å². The molecule has 0 atom stereocenters. The highest BCUT2D eigenvalue weighted by Gasteiger charge is 2.22. The van der Waals surface area contributed by atoms with Gasteiger partial charge in [0.15, 0.2) is 0 Å². The molecule has 1 N–H and O–H groups in total. The number of carbonyl (C=O) groups is 2. The van der Waals surface area contributed by atoms with Crippen LogP contribution in [0.3, 0.4) is 0 Å². The Hall–Kier alpha value is -1.13. The molecule has 76 valence electrons. The van der Waals surface area contributed by atoms with E-state index in [-0.39, 0.29) is 0 Å². The van der Waals surface area contributed by atoms with Gasteiger partial charge in [-0.3, -0.25) is 14.9 Å². The van der Waals surface area contributed by atoms with Crippen LogP contribution < -0.4 is 5.32 Å². The van der Waals surface area contributed by atoms with E-state index >= 15 is 0 Å². The van der Waals surface area contributed by atoms with Crippen LogP contribution in [-0.2, 0) is 9.59 Å². The molecule has 0 unspecified atom stereocenters. The van der Waals surface area contributed by atoms with Crippen molar-refractivity contribution in [2.75, 3.05) is 0 Å². The van der Waals surface area contributed by atoms with E-state index in [0.717, 1.165) is 4.47 Å². The number of amides is 2. The molecule has 0 saturated heterocycles. The fourth-order valence-electron chi connectivity index (χ4n) is 1.29. The van der Waals surface area contributed by atoms with Gasteiger partial charge in [-0.2, -0.15) is 0 Å². The van der Waals surface area contributed by atoms with E-state index in [1.165, 1.54) is 6.08 Å². The van der Waals surface area contributed by atoms with Crippen LogP contribution in [0.15, 0.2) is 28.7 Å². The highest BCUT2D eigenvalue weighted by molar-refractivity contribution is 9.10. The predicted molar refractivity (Wildman–Crippen MR) is 60.3 cm³/mol. The number of hydrogen-bond donors (Lipinski definition) is 1. The van der Waals surface area contributed by atoms with Crippen molar-refractivity contribution >= 4 is 44.9 Å². The first-order chi connectivity index (χ1) is 7.08. The molecular formula is C10H5BrClNO2. The lowest BCUT2D eigenvalue weighted by atomic mass is 10.1. The van der Waals surface area contributed by atoms with Gasteiger partial charge in [0.25, 0.3) is 11.8 Å². The Morgan fingerprint density at radius 1 is 1.27 bits per heavy atom. The SMILES string of the molecule is O=C1C=C(c2ccc(Br)c(Cl)c2)C(=O)N1. The van der Waals surface area contributed by atoms with E-state index in [9.17, 15) is 9.59 Å². The van der Waals surface area contributed by atoms with Gasteiger partial charge in [-0.05, 0) is 33.6 Å². The molecule has 0 saturated carbocycles. The summed E-state index contributed by atoms with van der Waals surface area (Å²) in [7, 11) is 0. The Bertz CT molecular complexity index is 496. The molecule has 5 heteroatoms. The summed E-state index contributed by atoms with van der Waals surface area (Å²) in [6.07, 6.45) is 1.27. The minimum Gasteiger partial charge on any atom is -0.289 e. The number of rotatable bonds is 1. The molecule has 1 aliphatic rings. The normalized spacial score (nSPS) is 15.2. The fraction of sp³-hybridized carbons (Fsp3) is 0. The van der Waals surface area contributed by atoms with Crippen LogP contribution in [0.25, 0.3) is 5.57 Å². The van der Waals surface area contributed by atoms with Gasteiger partial charge in [0.2, 0.25) is 0 Å². The number of carbonyl (C=O) groups excluding carboxylic acids is 2. The first-order valence-corrected chi connectivity index (χ1v) is 5.27. The minimum absolute atomic E-state index is 0.342. The molecule has 0 aliphatic carbocycles. The zero-order valence-electron chi connectivity index (χ0n) is 7.38. The van der Waals surface area contributed by atoms with Gasteiger partial charge in [-0.15, -0.1) is 0 Å².